The van der Waals surface area contributed by atoms with Crippen LogP contribution in [-0.2, 0) is 27.8 Å². The third-order valence-electron chi connectivity index (χ3n) is 4.72. The van der Waals surface area contributed by atoms with Crippen LogP contribution in [0.5, 0.6) is 0 Å². The molecule has 0 saturated carbocycles. The third-order valence-corrected chi connectivity index (χ3v) is 5.97. The Hall–Kier alpha value is -1.40. The highest BCUT2D eigenvalue weighted by Crippen LogP contribution is 2.14. The number of aryl methyl sites for hydroxylation is 1. The topological polar surface area (TPSA) is 74.7 Å². The molecule has 0 atom stereocenters. The molecule has 0 heterocycles. The molecular formula is C21H35NO4S. The van der Waals surface area contributed by atoms with Crippen molar-refractivity contribution in [2.24, 2.45) is 0 Å². The monoisotopic (exact) mass is 397 g/mol. The summed E-state index contributed by atoms with van der Waals surface area (Å²) < 4.78 is 25.6. The third kappa shape index (κ3) is 11.1. The molecule has 0 aromatic heterocycles. The van der Waals surface area contributed by atoms with Gasteiger partial charge in [0.05, 0.1) is 6.26 Å². The van der Waals surface area contributed by atoms with Crippen LogP contribution in [0.4, 0.5) is 0 Å². The molecule has 1 aromatic rings. The minimum Gasteiger partial charge on any atom is -0.481 e. The first-order valence-electron chi connectivity index (χ1n) is 10.1. The summed E-state index contributed by atoms with van der Waals surface area (Å²) in [6, 6.07) is 8.27. The number of aliphatic carboxylic acids is 1. The highest BCUT2D eigenvalue weighted by Gasteiger charge is 2.16. The Balaban J connectivity index is 2.46. The molecule has 1 aromatic carbocycles. The lowest BCUT2D eigenvalue weighted by molar-refractivity contribution is -0.137. The van der Waals surface area contributed by atoms with Gasteiger partial charge < -0.3 is 5.11 Å². The van der Waals surface area contributed by atoms with E-state index in [4.69, 9.17) is 5.11 Å². The maximum absolute atomic E-state index is 12.1. The van der Waals surface area contributed by atoms with Gasteiger partial charge in [0.2, 0.25) is 10.0 Å². The zero-order valence-electron chi connectivity index (χ0n) is 16.8. The summed E-state index contributed by atoms with van der Waals surface area (Å²) in [6.45, 7) is 3.08. The largest absolute Gasteiger partial charge is 0.481 e. The van der Waals surface area contributed by atoms with Crippen LogP contribution >= 0.6 is 0 Å². The van der Waals surface area contributed by atoms with Crippen LogP contribution in [0.25, 0.3) is 0 Å². The lowest BCUT2D eigenvalue weighted by atomic mass is 10.0. The van der Waals surface area contributed by atoms with Crippen LogP contribution in [0.1, 0.15) is 75.8 Å². The zero-order chi connectivity index (χ0) is 20.1. The van der Waals surface area contributed by atoms with E-state index in [0.717, 1.165) is 31.2 Å². The molecule has 0 fully saturated rings. The fraction of sp³-hybridized carbons (Fsp3) is 0.667. The van der Waals surface area contributed by atoms with E-state index in [0.29, 0.717) is 19.5 Å². The molecular weight excluding hydrogens is 362 g/mol. The molecule has 0 aliphatic rings. The lowest BCUT2D eigenvalue weighted by Crippen LogP contribution is -2.30. The lowest BCUT2D eigenvalue weighted by Gasteiger charge is -2.20. The van der Waals surface area contributed by atoms with Crippen LogP contribution in [0.3, 0.4) is 0 Å². The molecule has 0 aliphatic carbocycles. The van der Waals surface area contributed by atoms with E-state index in [1.54, 1.807) is 0 Å². The summed E-state index contributed by atoms with van der Waals surface area (Å²) in [7, 11) is -3.26. The zero-order valence-corrected chi connectivity index (χ0v) is 17.6. The van der Waals surface area contributed by atoms with Crippen molar-refractivity contribution in [1.82, 2.24) is 4.31 Å². The number of unbranched alkanes of at least 4 members (excludes halogenated alkanes) is 6. The van der Waals surface area contributed by atoms with Crippen LogP contribution < -0.4 is 0 Å². The van der Waals surface area contributed by atoms with Crippen molar-refractivity contribution in [3.8, 4) is 0 Å². The Morgan fingerprint density at radius 1 is 0.926 bits per heavy atom. The number of carboxylic acid groups (broad SMARTS) is 1. The van der Waals surface area contributed by atoms with Gasteiger partial charge in [0.25, 0.3) is 0 Å². The molecule has 0 spiro atoms. The number of rotatable bonds is 15. The summed E-state index contributed by atoms with van der Waals surface area (Å²) in [6.07, 6.45) is 10.5. The second-order valence-corrected chi connectivity index (χ2v) is 9.26. The summed E-state index contributed by atoms with van der Waals surface area (Å²) in [5, 5.41) is 8.63. The Kier molecular flexibility index (Phi) is 11.3. The van der Waals surface area contributed by atoms with E-state index in [9.17, 15) is 13.2 Å². The van der Waals surface area contributed by atoms with Gasteiger partial charge in [-0.2, -0.15) is 4.31 Å². The van der Waals surface area contributed by atoms with Gasteiger partial charge >= 0.3 is 5.97 Å². The number of carbonyl (C=O) groups is 1. The molecule has 5 nitrogen and oxygen atoms in total. The number of hydrogen-bond acceptors (Lipinski definition) is 3. The Bertz CT molecular complexity index is 641. The first kappa shape index (κ1) is 23.6. The van der Waals surface area contributed by atoms with Crippen molar-refractivity contribution in [3.05, 3.63) is 35.4 Å². The molecule has 0 saturated heterocycles. The maximum atomic E-state index is 12.1. The van der Waals surface area contributed by atoms with Gasteiger partial charge in [-0.25, -0.2) is 8.42 Å². The summed E-state index contributed by atoms with van der Waals surface area (Å²) >= 11 is 0. The van der Waals surface area contributed by atoms with Crippen molar-refractivity contribution in [2.75, 3.05) is 12.8 Å². The first-order valence-corrected chi connectivity index (χ1v) is 11.9. The molecule has 27 heavy (non-hydrogen) atoms. The molecule has 1 N–H and O–H groups in total. The van der Waals surface area contributed by atoms with Crippen LogP contribution in [-0.4, -0.2) is 36.6 Å². The van der Waals surface area contributed by atoms with E-state index in [1.807, 2.05) is 12.1 Å². The molecule has 0 amide bonds. The number of nitrogens with zero attached hydrogens (tertiary/aromatic N) is 1. The van der Waals surface area contributed by atoms with E-state index in [2.05, 4.69) is 19.1 Å². The van der Waals surface area contributed by atoms with Gasteiger partial charge in [-0.15, -0.1) is 0 Å². The van der Waals surface area contributed by atoms with E-state index < -0.39 is 16.0 Å². The Morgan fingerprint density at radius 2 is 1.52 bits per heavy atom. The molecule has 1 rings (SSSR count). The van der Waals surface area contributed by atoms with Gasteiger partial charge in [-0.05, 0) is 36.8 Å². The number of benzene rings is 1. The minimum absolute atomic E-state index is 0.181. The van der Waals surface area contributed by atoms with E-state index >= 15 is 0 Å². The number of carboxylic acids is 1. The predicted octanol–water partition coefficient (Wildman–Crippen LogP) is 4.61. The van der Waals surface area contributed by atoms with E-state index in [1.165, 1.54) is 41.8 Å². The molecule has 0 bridgehead atoms. The molecule has 6 heteroatoms. The average molecular weight is 398 g/mol. The fourth-order valence-corrected chi connectivity index (χ4v) is 3.90. The van der Waals surface area contributed by atoms with Crippen molar-refractivity contribution >= 4 is 16.0 Å². The van der Waals surface area contributed by atoms with Gasteiger partial charge in [-0.1, -0.05) is 63.3 Å². The summed E-state index contributed by atoms with van der Waals surface area (Å²) in [4.78, 5) is 10.5. The van der Waals surface area contributed by atoms with Gasteiger partial charge in [0.15, 0.2) is 0 Å². The molecule has 0 radical (unpaired) electrons. The normalized spacial score (nSPS) is 11.8. The second-order valence-electron chi connectivity index (χ2n) is 7.28. The highest BCUT2D eigenvalue weighted by molar-refractivity contribution is 7.88. The number of hydrogen-bond donors (Lipinski definition) is 1. The SMILES string of the molecule is CCCCCCc1ccc(CN(CCCCCCC(=O)O)S(C)(=O)=O)cc1. The minimum atomic E-state index is -3.26. The number of sulfonamides is 1. The van der Waals surface area contributed by atoms with Crippen LogP contribution in [0.15, 0.2) is 24.3 Å². The highest BCUT2D eigenvalue weighted by atomic mass is 32.2. The smallest absolute Gasteiger partial charge is 0.303 e. The van der Waals surface area contributed by atoms with Crippen molar-refractivity contribution in [2.45, 2.75) is 77.7 Å². The van der Waals surface area contributed by atoms with Gasteiger partial charge in [-0.3, -0.25) is 4.79 Å². The van der Waals surface area contributed by atoms with Crippen LogP contribution in [0, 0.1) is 0 Å². The van der Waals surface area contributed by atoms with E-state index in [-0.39, 0.29) is 6.42 Å². The van der Waals surface area contributed by atoms with Crippen molar-refractivity contribution in [1.29, 1.82) is 0 Å². The molecule has 154 valence electrons. The fourth-order valence-electron chi connectivity index (χ4n) is 3.05. The van der Waals surface area contributed by atoms with Crippen molar-refractivity contribution in [3.63, 3.8) is 0 Å². The Labute approximate surface area is 164 Å². The summed E-state index contributed by atoms with van der Waals surface area (Å²) in [5.41, 5.74) is 2.31. The van der Waals surface area contributed by atoms with Crippen LogP contribution in [0.2, 0.25) is 0 Å². The van der Waals surface area contributed by atoms with Gasteiger partial charge in [0, 0.05) is 19.5 Å². The average Bonchev–Trinajstić information content (AvgIpc) is 2.60. The molecule has 0 aliphatic heterocycles. The quantitative estimate of drug-likeness (QED) is 0.439. The molecule has 0 unspecified atom stereocenters. The summed E-state index contributed by atoms with van der Waals surface area (Å²) in [5.74, 6) is -0.776. The predicted molar refractivity (Wildman–Crippen MR) is 110 cm³/mol. The second kappa shape index (κ2) is 12.9. The Morgan fingerprint density at radius 3 is 2.11 bits per heavy atom. The first-order chi connectivity index (χ1) is 12.8. The van der Waals surface area contributed by atoms with Crippen molar-refractivity contribution < 1.29 is 18.3 Å². The standard InChI is InChI=1S/C21H35NO4S/c1-3-4-5-8-11-19-13-15-20(16-14-19)18-22(27(2,25)26)17-10-7-6-9-12-21(23)24/h13-16H,3-12,17-18H2,1-2H3,(H,23,24). The maximum Gasteiger partial charge on any atom is 0.303 e. The van der Waals surface area contributed by atoms with Gasteiger partial charge in [0.1, 0.15) is 0 Å².